The van der Waals surface area contributed by atoms with Gasteiger partial charge in [0.1, 0.15) is 6.10 Å². The summed E-state index contributed by atoms with van der Waals surface area (Å²) in [4.78, 5) is 14.6. The second kappa shape index (κ2) is 5.96. The van der Waals surface area contributed by atoms with Crippen molar-refractivity contribution < 1.29 is 9.53 Å². The highest BCUT2D eigenvalue weighted by atomic mass is 16.5. The number of carbonyl (C=O) groups excluding carboxylic acids is 1. The van der Waals surface area contributed by atoms with Gasteiger partial charge in [-0.25, -0.2) is 4.79 Å². The number of esters is 1. The van der Waals surface area contributed by atoms with E-state index in [1.807, 2.05) is 30.3 Å². The summed E-state index contributed by atoms with van der Waals surface area (Å²) in [6.45, 7) is 2.25. The Morgan fingerprint density at radius 2 is 2.00 bits per heavy atom. The number of nitrogens with zero attached hydrogens (tertiary/aromatic N) is 1. The third-order valence-corrected chi connectivity index (χ3v) is 4.82. The molecule has 2 fully saturated rings. The highest BCUT2D eigenvalue weighted by molar-refractivity contribution is 5.89. The summed E-state index contributed by atoms with van der Waals surface area (Å²) in [5.41, 5.74) is 0.666. The molecule has 1 heterocycles. The molecule has 108 valence electrons. The fourth-order valence-corrected chi connectivity index (χ4v) is 3.70. The summed E-state index contributed by atoms with van der Waals surface area (Å²) in [6, 6.07) is 9.35. The number of ether oxygens (including phenoxy) is 1. The second-order valence-corrected chi connectivity index (χ2v) is 6.22. The number of piperidine rings is 1. The van der Waals surface area contributed by atoms with Gasteiger partial charge in [-0.3, -0.25) is 0 Å². The molecule has 0 spiro atoms. The van der Waals surface area contributed by atoms with Crippen LogP contribution in [0.3, 0.4) is 0 Å². The molecule has 1 aromatic rings. The summed E-state index contributed by atoms with van der Waals surface area (Å²) in [7, 11) is 2.17. The van der Waals surface area contributed by atoms with E-state index in [2.05, 4.69) is 11.9 Å². The lowest BCUT2D eigenvalue weighted by Crippen LogP contribution is -2.47. The number of rotatable bonds is 2. The Bertz CT molecular complexity index is 459. The van der Waals surface area contributed by atoms with Crippen LogP contribution in [0.15, 0.2) is 30.3 Å². The van der Waals surface area contributed by atoms with Crippen LogP contribution in [0.1, 0.15) is 36.0 Å². The summed E-state index contributed by atoms with van der Waals surface area (Å²) < 4.78 is 5.83. The van der Waals surface area contributed by atoms with Gasteiger partial charge in [-0.2, -0.15) is 0 Å². The molecule has 0 N–H and O–H groups in total. The molecule has 1 aromatic carbocycles. The highest BCUT2D eigenvalue weighted by Gasteiger charge is 2.38. The van der Waals surface area contributed by atoms with Gasteiger partial charge in [-0.15, -0.1) is 0 Å². The number of hydrogen-bond acceptors (Lipinski definition) is 3. The van der Waals surface area contributed by atoms with Crippen LogP contribution in [0.2, 0.25) is 0 Å². The molecule has 1 aliphatic heterocycles. The smallest absolute Gasteiger partial charge is 0.338 e. The lowest BCUT2D eigenvalue weighted by molar-refractivity contribution is -0.0365. The average Bonchev–Trinajstić information content (AvgIpc) is 2.49. The van der Waals surface area contributed by atoms with Crippen molar-refractivity contribution in [3.05, 3.63) is 35.9 Å². The Hall–Kier alpha value is -1.35. The van der Waals surface area contributed by atoms with Crippen molar-refractivity contribution in [1.82, 2.24) is 4.90 Å². The van der Waals surface area contributed by atoms with Crippen molar-refractivity contribution in [3.8, 4) is 0 Å². The van der Waals surface area contributed by atoms with Gasteiger partial charge >= 0.3 is 5.97 Å². The molecule has 0 unspecified atom stereocenters. The van der Waals surface area contributed by atoms with E-state index in [0.29, 0.717) is 11.5 Å². The monoisotopic (exact) mass is 273 g/mol. The van der Waals surface area contributed by atoms with Crippen LogP contribution >= 0.6 is 0 Å². The van der Waals surface area contributed by atoms with Crippen molar-refractivity contribution >= 4 is 5.97 Å². The normalized spacial score (nSPS) is 30.6. The number of fused-ring (bicyclic) bond motifs is 1. The van der Waals surface area contributed by atoms with E-state index in [0.717, 1.165) is 18.9 Å². The molecule has 0 radical (unpaired) electrons. The fraction of sp³-hybridized carbons (Fsp3) is 0.588. The largest absolute Gasteiger partial charge is 0.458 e. The first kappa shape index (κ1) is 13.6. The maximum absolute atomic E-state index is 12.2. The van der Waals surface area contributed by atoms with E-state index in [1.165, 1.54) is 25.8 Å². The van der Waals surface area contributed by atoms with E-state index >= 15 is 0 Å². The third-order valence-electron chi connectivity index (χ3n) is 4.82. The van der Waals surface area contributed by atoms with Crippen molar-refractivity contribution in [1.29, 1.82) is 0 Å². The van der Waals surface area contributed by atoms with E-state index in [9.17, 15) is 4.79 Å². The molecule has 0 bridgehead atoms. The zero-order chi connectivity index (χ0) is 13.9. The van der Waals surface area contributed by atoms with Crippen LogP contribution in [-0.4, -0.2) is 37.1 Å². The summed E-state index contributed by atoms with van der Waals surface area (Å²) in [5, 5.41) is 0. The Kier molecular flexibility index (Phi) is 4.06. The highest BCUT2D eigenvalue weighted by Crippen LogP contribution is 2.37. The van der Waals surface area contributed by atoms with Crippen LogP contribution in [0.5, 0.6) is 0 Å². The van der Waals surface area contributed by atoms with Gasteiger partial charge in [0.15, 0.2) is 0 Å². The molecule has 0 amide bonds. The Morgan fingerprint density at radius 1 is 1.20 bits per heavy atom. The predicted octanol–water partition coefficient (Wildman–Crippen LogP) is 2.96. The zero-order valence-electron chi connectivity index (χ0n) is 12.1. The van der Waals surface area contributed by atoms with Crippen molar-refractivity contribution in [2.24, 2.45) is 11.8 Å². The summed E-state index contributed by atoms with van der Waals surface area (Å²) in [6.07, 6.45) is 4.87. The third kappa shape index (κ3) is 2.88. The van der Waals surface area contributed by atoms with Gasteiger partial charge in [-0.1, -0.05) is 18.2 Å². The van der Waals surface area contributed by atoms with Gasteiger partial charge in [0.25, 0.3) is 0 Å². The number of hydrogen-bond donors (Lipinski definition) is 0. The molecule has 0 aromatic heterocycles. The van der Waals surface area contributed by atoms with E-state index in [4.69, 9.17) is 4.74 Å². The minimum Gasteiger partial charge on any atom is -0.458 e. The second-order valence-electron chi connectivity index (χ2n) is 6.22. The average molecular weight is 273 g/mol. The number of likely N-dealkylation sites (tertiary alicyclic amines) is 1. The lowest BCUT2D eigenvalue weighted by Gasteiger charge is -2.43. The van der Waals surface area contributed by atoms with Gasteiger partial charge in [0, 0.05) is 12.5 Å². The van der Waals surface area contributed by atoms with Gasteiger partial charge in [-0.05, 0) is 57.3 Å². The molecule has 3 atom stereocenters. The summed E-state index contributed by atoms with van der Waals surface area (Å²) in [5.74, 6) is 1.10. The maximum atomic E-state index is 12.2. The first-order valence-electron chi connectivity index (χ1n) is 7.68. The Balaban J connectivity index is 1.68. The molecule has 2 aliphatic rings. The summed E-state index contributed by atoms with van der Waals surface area (Å²) >= 11 is 0. The van der Waals surface area contributed by atoms with Crippen molar-refractivity contribution in [2.75, 3.05) is 20.1 Å². The van der Waals surface area contributed by atoms with Crippen LogP contribution in [0.25, 0.3) is 0 Å². The van der Waals surface area contributed by atoms with E-state index in [-0.39, 0.29) is 12.1 Å². The minimum absolute atomic E-state index is 0.101. The lowest BCUT2D eigenvalue weighted by atomic mass is 9.73. The Labute approximate surface area is 120 Å². The van der Waals surface area contributed by atoms with Crippen LogP contribution in [0.4, 0.5) is 0 Å². The van der Waals surface area contributed by atoms with E-state index in [1.54, 1.807) is 0 Å². The topological polar surface area (TPSA) is 29.5 Å². The molecule has 1 saturated heterocycles. The minimum atomic E-state index is -0.163. The van der Waals surface area contributed by atoms with Crippen LogP contribution in [-0.2, 0) is 4.74 Å². The fourth-order valence-electron chi connectivity index (χ4n) is 3.70. The van der Waals surface area contributed by atoms with Gasteiger partial charge < -0.3 is 9.64 Å². The number of carbonyl (C=O) groups is 1. The quantitative estimate of drug-likeness (QED) is 0.776. The molecule has 20 heavy (non-hydrogen) atoms. The molecule has 1 saturated carbocycles. The molecular formula is C17H23NO2. The predicted molar refractivity (Wildman–Crippen MR) is 78.6 cm³/mol. The van der Waals surface area contributed by atoms with Gasteiger partial charge in [0.05, 0.1) is 5.56 Å². The molecular weight excluding hydrogens is 250 g/mol. The Morgan fingerprint density at radius 3 is 2.80 bits per heavy atom. The van der Waals surface area contributed by atoms with Crippen molar-refractivity contribution in [3.63, 3.8) is 0 Å². The maximum Gasteiger partial charge on any atom is 0.338 e. The zero-order valence-corrected chi connectivity index (χ0v) is 12.1. The molecule has 3 nitrogen and oxygen atoms in total. The number of benzene rings is 1. The van der Waals surface area contributed by atoms with Crippen LogP contribution < -0.4 is 0 Å². The van der Waals surface area contributed by atoms with Crippen molar-refractivity contribution in [2.45, 2.75) is 31.8 Å². The first-order chi connectivity index (χ1) is 9.74. The van der Waals surface area contributed by atoms with Crippen LogP contribution in [0, 0.1) is 11.8 Å². The SMILES string of the molecule is CN1CC[C@H]2CCC[C@@H](OC(=O)c3ccccc3)[C@H]2C1. The van der Waals surface area contributed by atoms with E-state index < -0.39 is 0 Å². The van der Waals surface area contributed by atoms with Gasteiger partial charge in [0.2, 0.25) is 0 Å². The molecule has 1 aliphatic carbocycles. The standard InChI is InChI=1S/C17H23NO2/c1-18-11-10-13-8-5-9-16(15(13)12-18)20-17(19)14-6-3-2-4-7-14/h2-4,6-7,13,15-16H,5,8-12H2,1H3/t13-,15+,16-/m1/s1. The molecule has 3 rings (SSSR count). The first-order valence-corrected chi connectivity index (χ1v) is 7.68. The molecule has 3 heteroatoms.